The predicted molar refractivity (Wildman–Crippen MR) is 74.5 cm³/mol. The van der Waals surface area contributed by atoms with Gasteiger partial charge in [0.1, 0.15) is 5.82 Å². The van der Waals surface area contributed by atoms with Gasteiger partial charge in [-0.15, -0.1) is 0 Å². The van der Waals surface area contributed by atoms with Gasteiger partial charge in [0.25, 0.3) is 5.91 Å². The van der Waals surface area contributed by atoms with Crippen LogP contribution >= 0.6 is 0 Å². The minimum Gasteiger partial charge on any atom is -0.481 e. The number of benzene rings is 1. The van der Waals surface area contributed by atoms with Gasteiger partial charge >= 0.3 is 5.97 Å². The Morgan fingerprint density at radius 3 is 2.71 bits per heavy atom. The Morgan fingerprint density at radius 2 is 2.00 bits per heavy atom. The van der Waals surface area contributed by atoms with Crippen molar-refractivity contribution >= 4 is 17.6 Å². The number of halogens is 1. The Balaban J connectivity index is 2.15. The maximum Gasteiger partial charge on any atom is 0.303 e. The van der Waals surface area contributed by atoms with Crippen molar-refractivity contribution in [3.63, 3.8) is 0 Å². The van der Waals surface area contributed by atoms with E-state index in [1.54, 1.807) is 24.3 Å². The summed E-state index contributed by atoms with van der Waals surface area (Å²) in [6.07, 6.45) is 2.54. The molecule has 0 aliphatic rings. The highest BCUT2D eigenvalue weighted by molar-refractivity contribution is 6.04. The molecular weight excluding hydrogens is 275 g/mol. The molecule has 2 rings (SSSR count). The van der Waals surface area contributed by atoms with E-state index < -0.39 is 17.7 Å². The number of hydrogen-bond donors (Lipinski definition) is 2. The van der Waals surface area contributed by atoms with Crippen LogP contribution in [-0.4, -0.2) is 22.0 Å². The monoisotopic (exact) mass is 288 g/mol. The number of para-hydroxylation sites is 1. The minimum absolute atomic E-state index is 0.0333. The van der Waals surface area contributed by atoms with Gasteiger partial charge in [-0.05, 0) is 24.1 Å². The SMILES string of the molecule is O=C(O)CCc1ccccc1NC(=O)c1cncc(F)c1. The van der Waals surface area contributed by atoms with Crippen LogP contribution in [0, 0.1) is 5.82 Å². The van der Waals surface area contributed by atoms with Gasteiger partial charge in [-0.2, -0.15) is 0 Å². The fraction of sp³-hybridized carbons (Fsp3) is 0.133. The van der Waals surface area contributed by atoms with Crippen LogP contribution in [-0.2, 0) is 11.2 Å². The number of aliphatic carboxylic acids is 1. The largest absolute Gasteiger partial charge is 0.481 e. The zero-order valence-corrected chi connectivity index (χ0v) is 11.0. The highest BCUT2D eigenvalue weighted by Crippen LogP contribution is 2.18. The van der Waals surface area contributed by atoms with Gasteiger partial charge in [0, 0.05) is 18.3 Å². The second-order valence-electron chi connectivity index (χ2n) is 4.40. The molecule has 108 valence electrons. The van der Waals surface area contributed by atoms with Crippen LogP contribution in [0.25, 0.3) is 0 Å². The summed E-state index contributed by atoms with van der Waals surface area (Å²) in [7, 11) is 0. The number of nitrogens with one attached hydrogen (secondary N) is 1. The Hall–Kier alpha value is -2.76. The molecule has 6 heteroatoms. The van der Waals surface area contributed by atoms with Gasteiger partial charge in [-0.3, -0.25) is 14.6 Å². The number of carbonyl (C=O) groups is 2. The molecule has 1 aromatic heterocycles. The average molecular weight is 288 g/mol. The number of nitrogens with zero attached hydrogens (tertiary/aromatic N) is 1. The number of carbonyl (C=O) groups excluding carboxylic acids is 1. The molecule has 1 amide bonds. The van der Waals surface area contributed by atoms with Crippen molar-refractivity contribution in [2.75, 3.05) is 5.32 Å². The Labute approximate surface area is 120 Å². The number of amides is 1. The average Bonchev–Trinajstić information content (AvgIpc) is 2.46. The van der Waals surface area contributed by atoms with Crippen LogP contribution in [0.2, 0.25) is 0 Å². The molecule has 0 bridgehead atoms. The zero-order chi connectivity index (χ0) is 15.2. The zero-order valence-electron chi connectivity index (χ0n) is 11.0. The van der Waals surface area contributed by atoms with E-state index in [1.165, 1.54) is 6.20 Å². The molecule has 0 aliphatic carbocycles. The van der Waals surface area contributed by atoms with Crippen molar-refractivity contribution in [1.82, 2.24) is 4.98 Å². The van der Waals surface area contributed by atoms with E-state index >= 15 is 0 Å². The summed E-state index contributed by atoms with van der Waals surface area (Å²) in [6, 6.07) is 7.98. The van der Waals surface area contributed by atoms with Crippen LogP contribution in [0.4, 0.5) is 10.1 Å². The molecule has 5 nitrogen and oxygen atoms in total. The highest BCUT2D eigenvalue weighted by Gasteiger charge is 2.11. The van der Waals surface area contributed by atoms with Crippen molar-refractivity contribution < 1.29 is 19.1 Å². The lowest BCUT2D eigenvalue weighted by atomic mass is 10.1. The number of anilines is 1. The Kier molecular flexibility index (Phi) is 4.61. The van der Waals surface area contributed by atoms with Crippen LogP contribution < -0.4 is 5.32 Å². The number of carboxylic acids is 1. The van der Waals surface area contributed by atoms with E-state index in [-0.39, 0.29) is 12.0 Å². The third-order valence-electron chi connectivity index (χ3n) is 2.84. The number of carboxylic acid groups (broad SMARTS) is 1. The first-order valence-corrected chi connectivity index (χ1v) is 6.28. The van der Waals surface area contributed by atoms with E-state index in [9.17, 15) is 14.0 Å². The fourth-order valence-corrected chi connectivity index (χ4v) is 1.83. The van der Waals surface area contributed by atoms with Crippen molar-refractivity contribution in [2.45, 2.75) is 12.8 Å². The van der Waals surface area contributed by atoms with E-state index in [4.69, 9.17) is 5.11 Å². The van der Waals surface area contributed by atoms with E-state index in [0.29, 0.717) is 17.7 Å². The Morgan fingerprint density at radius 1 is 1.24 bits per heavy atom. The molecule has 0 saturated heterocycles. The molecule has 0 spiro atoms. The Bertz CT molecular complexity index is 673. The van der Waals surface area contributed by atoms with Crippen LogP contribution in [0.5, 0.6) is 0 Å². The van der Waals surface area contributed by atoms with Gasteiger partial charge in [-0.1, -0.05) is 18.2 Å². The highest BCUT2D eigenvalue weighted by atomic mass is 19.1. The molecule has 1 aromatic carbocycles. The maximum absolute atomic E-state index is 13.0. The van der Waals surface area contributed by atoms with Crippen molar-refractivity contribution in [3.8, 4) is 0 Å². The standard InChI is InChI=1S/C15H13FN2O3/c16-12-7-11(8-17-9-12)15(21)18-13-4-2-1-3-10(13)5-6-14(19)20/h1-4,7-9H,5-6H2,(H,18,21)(H,19,20). The van der Waals surface area contributed by atoms with Gasteiger partial charge < -0.3 is 10.4 Å². The van der Waals surface area contributed by atoms with Gasteiger partial charge in [0.2, 0.25) is 0 Å². The lowest BCUT2D eigenvalue weighted by Crippen LogP contribution is -2.14. The number of hydrogen-bond acceptors (Lipinski definition) is 3. The number of aryl methyl sites for hydroxylation is 1. The molecule has 21 heavy (non-hydrogen) atoms. The third-order valence-corrected chi connectivity index (χ3v) is 2.84. The quantitative estimate of drug-likeness (QED) is 0.886. The molecule has 0 fully saturated rings. The van der Waals surface area contributed by atoms with Gasteiger partial charge in [0.15, 0.2) is 0 Å². The third kappa shape index (κ3) is 4.10. The van der Waals surface area contributed by atoms with Crippen LogP contribution in [0.3, 0.4) is 0 Å². The van der Waals surface area contributed by atoms with Crippen molar-refractivity contribution in [3.05, 3.63) is 59.7 Å². The molecule has 0 radical (unpaired) electrons. The first kappa shape index (κ1) is 14.6. The molecule has 2 N–H and O–H groups in total. The normalized spacial score (nSPS) is 10.1. The first-order valence-electron chi connectivity index (χ1n) is 6.28. The van der Waals surface area contributed by atoms with Crippen LogP contribution in [0.1, 0.15) is 22.3 Å². The minimum atomic E-state index is -0.912. The molecular formula is C15H13FN2O3. The maximum atomic E-state index is 13.0. The lowest BCUT2D eigenvalue weighted by molar-refractivity contribution is -0.136. The molecule has 0 aliphatic heterocycles. The summed E-state index contributed by atoms with van der Waals surface area (Å²) in [5.41, 5.74) is 1.31. The second kappa shape index (κ2) is 6.60. The summed E-state index contributed by atoms with van der Waals surface area (Å²) >= 11 is 0. The van der Waals surface area contributed by atoms with E-state index in [2.05, 4.69) is 10.3 Å². The van der Waals surface area contributed by atoms with Gasteiger partial charge in [-0.25, -0.2) is 4.39 Å². The smallest absolute Gasteiger partial charge is 0.303 e. The summed E-state index contributed by atoms with van der Waals surface area (Å²) in [6.45, 7) is 0. The molecule has 0 unspecified atom stereocenters. The van der Waals surface area contributed by atoms with E-state index in [0.717, 1.165) is 12.3 Å². The molecule has 0 atom stereocenters. The number of pyridine rings is 1. The molecule has 0 saturated carbocycles. The number of rotatable bonds is 5. The summed E-state index contributed by atoms with van der Waals surface area (Å²) in [4.78, 5) is 26.3. The van der Waals surface area contributed by atoms with Gasteiger partial charge in [0.05, 0.1) is 11.8 Å². The lowest BCUT2D eigenvalue weighted by Gasteiger charge is -2.10. The fourth-order valence-electron chi connectivity index (χ4n) is 1.83. The predicted octanol–water partition coefficient (Wildman–Crippen LogP) is 2.49. The van der Waals surface area contributed by atoms with E-state index in [1.807, 2.05) is 0 Å². The number of aromatic nitrogens is 1. The summed E-state index contributed by atoms with van der Waals surface area (Å²) < 4.78 is 13.0. The second-order valence-corrected chi connectivity index (χ2v) is 4.40. The summed E-state index contributed by atoms with van der Waals surface area (Å²) in [5, 5.41) is 11.4. The van der Waals surface area contributed by atoms with Crippen LogP contribution in [0.15, 0.2) is 42.7 Å². The molecule has 1 heterocycles. The first-order chi connectivity index (χ1) is 10.1. The topological polar surface area (TPSA) is 79.3 Å². The summed E-state index contributed by atoms with van der Waals surface area (Å²) in [5.74, 6) is -2.00. The molecule has 2 aromatic rings. The van der Waals surface area contributed by atoms with Crippen molar-refractivity contribution in [1.29, 1.82) is 0 Å². The van der Waals surface area contributed by atoms with Crippen molar-refractivity contribution in [2.24, 2.45) is 0 Å².